The molecule has 0 saturated carbocycles. The van der Waals surface area contributed by atoms with E-state index in [0.29, 0.717) is 12.2 Å². The molecule has 21 heavy (non-hydrogen) atoms. The number of carbonyl (C=O) groups excluding carboxylic acids is 2. The maximum Gasteiger partial charge on any atom is 0.249 e. The minimum absolute atomic E-state index is 0.163. The number of anilines is 1. The molecule has 0 aromatic carbocycles. The van der Waals surface area contributed by atoms with Crippen molar-refractivity contribution in [2.75, 3.05) is 18.0 Å². The first-order valence-corrected chi connectivity index (χ1v) is 7.36. The van der Waals surface area contributed by atoms with E-state index in [1.165, 1.54) is 0 Å². The maximum absolute atomic E-state index is 11.9. The van der Waals surface area contributed by atoms with E-state index < -0.39 is 0 Å². The predicted octanol–water partition coefficient (Wildman–Crippen LogP) is 0.993. The summed E-state index contributed by atoms with van der Waals surface area (Å²) in [6, 6.07) is 3.75. The van der Waals surface area contributed by atoms with Gasteiger partial charge in [0.15, 0.2) is 0 Å². The van der Waals surface area contributed by atoms with Crippen LogP contribution in [0.4, 0.5) is 5.82 Å². The molecule has 2 heterocycles. The average molecular weight is 290 g/mol. The van der Waals surface area contributed by atoms with Crippen molar-refractivity contribution in [3.63, 3.8) is 0 Å². The van der Waals surface area contributed by atoms with E-state index >= 15 is 0 Å². The molecule has 0 radical (unpaired) electrons. The molecule has 114 valence electrons. The number of nitrogens with one attached hydrogen (secondary N) is 2. The molecule has 0 spiro atoms. The number of hydrogen-bond donors (Lipinski definition) is 2. The molecule has 2 N–H and O–H groups in total. The number of piperazine rings is 1. The summed E-state index contributed by atoms with van der Waals surface area (Å²) >= 11 is 0. The second-order valence-electron chi connectivity index (χ2n) is 5.19. The van der Waals surface area contributed by atoms with E-state index in [4.69, 9.17) is 0 Å². The van der Waals surface area contributed by atoms with Crippen molar-refractivity contribution in [1.82, 2.24) is 15.6 Å². The van der Waals surface area contributed by atoms with Gasteiger partial charge in [-0.15, -0.1) is 0 Å². The maximum atomic E-state index is 11.9. The predicted molar refractivity (Wildman–Crippen MR) is 80.9 cm³/mol. The highest BCUT2D eigenvalue weighted by Gasteiger charge is 2.33. The Morgan fingerprint density at radius 2 is 2.24 bits per heavy atom. The number of hydrogen-bond acceptors (Lipinski definition) is 5. The van der Waals surface area contributed by atoms with Crippen molar-refractivity contribution in [2.45, 2.75) is 39.3 Å². The topological polar surface area (TPSA) is 74.3 Å². The molecule has 6 nitrogen and oxygen atoms in total. The van der Waals surface area contributed by atoms with Crippen molar-refractivity contribution in [2.24, 2.45) is 0 Å². The SMILES string of the molecule is CCNC(C)c1ccnc(N2CC(=O)NC(=O)C2CC)c1. The number of imide groups is 1. The molecule has 6 heteroatoms. The number of rotatable bonds is 5. The van der Waals surface area contributed by atoms with E-state index in [1.807, 2.05) is 19.1 Å². The van der Waals surface area contributed by atoms with E-state index in [1.54, 1.807) is 11.1 Å². The average Bonchev–Trinajstić information content (AvgIpc) is 2.47. The van der Waals surface area contributed by atoms with Gasteiger partial charge in [-0.1, -0.05) is 13.8 Å². The summed E-state index contributed by atoms with van der Waals surface area (Å²) in [6.45, 7) is 7.10. The zero-order valence-corrected chi connectivity index (χ0v) is 12.7. The van der Waals surface area contributed by atoms with Gasteiger partial charge in [0.1, 0.15) is 11.9 Å². The molecule has 1 fully saturated rings. The van der Waals surface area contributed by atoms with E-state index in [9.17, 15) is 9.59 Å². The third-order valence-corrected chi connectivity index (χ3v) is 3.72. The largest absolute Gasteiger partial charge is 0.335 e. The Morgan fingerprint density at radius 3 is 2.90 bits per heavy atom. The molecule has 1 aromatic rings. The summed E-state index contributed by atoms with van der Waals surface area (Å²) in [7, 11) is 0. The molecular formula is C15H22N4O2. The summed E-state index contributed by atoms with van der Waals surface area (Å²) in [5, 5.41) is 5.72. The Kier molecular flexibility index (Phi) is 4.90. The van der Waals surface area contributed by atoms with Crippen LogP contribution in [0.3, 0.4) is 0 Å². The smallest absolute Gasteiger partial charge is 0.249 e. The Labute approximate surface area is 124 Å². The van der Waals surface area contributed by atoms with Gasteiger partial charge in [-0.25, -0.2) is 4.98 Å². The van der Waals surface area contributed by atoms with E-state index in [0.717, 1.165) is 12.1 Å². The highest BCUT2D eigenvalue weighted by Crippen LogP contribution is 2.22. The van der Waals surface area contributed by atoms with E-state index in [-0.39, 0.29) is 30.4 Å². The molecule has 1 aromatic heterocycles. The van der Waals surface area contributed by atoms with Crippen molar-refractivity contribution >= 4 is 17.6 Å². The van der Waals surface area contributed by atoms with Gasteiger partial charge in [-0.2, -0.15) is 0 Å². The number of pyridine rings is 1. The molecule has 2 rings (SSSR count). The second-order valence-corrected chi connectivity index (χ2v) is 5.19. The number of aromatic nitrogens is 1. The molecule has 2 unspecified atom stereocenters. The summed E-state index contributed by atoms with van der Waals surface area (Å²) in [4.78, 5) is 29.7. The highest BCUT2D eigenvalue weighted by atomic mass is 16.2. The first-order valence-electron chi connectivity index (χ1n) is 7.36. The minimum Gasteiger partial charge on any atom is -0.335 e. The van der Waals surface area contributed by atoms with Crippen LogP contribution in [0.5, 0.6) is 0 Å². The summed E-state index contributed by atoms with van der Waals surface area (Å²) in [5.74, 6) is 0.143. The summed E-state index contributed by atoms with van der Waals surface area (Å²) in [5.41, 5.74) is 1.09. The van der Waals surface area contributed by atoms with Crippen molar-refractivity contribution in [3.8, 4) is 0 Å². The first-order chi connectivity index (χ1) is 10.1. The summed E-state index contributed by atoms with van der Waals surface area (Å²) in [6.07, 6.45) is 2.36. The van der Waals surface area contributed by atoms with Crippen molar-refractivity contribution in [1.29, 1.82) is 0 Å². The normalized spacial score (nSPS) is 20.3. The van der Waals surface area contributed by atoms with Gasteiger partial charge < -0.3 is 10.2 Å². The lowest BCUT2D eigenvalue weighted by Gasteiger charge is -2.34. The van der Waals surface area contributed by atoms with Gasteiger partial charge in [-0.05, 0) is 37.6 Å². The third-order valence-electron chi connectivity index (χ3n) is 3.72. The van der Waals surface area contributed by atoms with Gasteiger partial charge in [0, 0.05) is 12.2 Å². The first kappa shape index (κ1) is 15.4. The zero-order valence-electron chi connectivity index (χ0n) is 12.7. The molecule has 1 aliphatic heterocycles. The van der Waals surface area contributed by atoms with Crippen LogP contribution in [0, 0.1) is 0 Å². The number of nitrogens with zero attached hydrogens (tertiary/aromatic N) is 2. The number of amides is 2. The lowest BCUT2D eigenvalue weighted by Crippen LogP contribution is -2.58. The molecule has 0 bridgehead atoms. The molecule has 2 atom stereocenters. The van der Waals surface area contributed by atoms with Crippen LogP contribution in [-0.4, -0.2) is 35.9 Å². The Hall–Kier alpha value is -1.95. The lowest BCUT2D eigenvalue weighted by molar-refractivity contribution is -0.132. The highest BCUT2D eigenvalue weighted by molar-refractivity contribution is 6.04. The fourth-order valence-electron chi connectivity index (χ4n) is 2.60. The molecule has 2 amide bonds. The van der Waals surface area contributed by atoms with Crippen LogP contribution in [0.15, 0.2) is 18.3 Å². The van der Waals surface area contributed by atoms with Crippen molar-refractivity contribution < 1.29 is 9.59 Å². The van der Waals surface area contributed by atoms with Crippen molar-refractivity contribution in [3.05, 3.63) is 23.9 Å². The van der Waals surface area contributed by atoms with Gasteiger partial charge >= 0.3 is 0 Å². The van der Waals surface area contributed by atoms with Gasteiger partial charge in [0.05, 0.1) is 6.54 Å². The standard InChI is InChI=1S/C15H22N4O2/c1-4-12-15(21)18-14(20)9-19(12)13-8-11(6-7-17-13)10(3)16-5-2/h6-8,10,12,16H,4-5,9H2,1-3H3,(H,18,20,21). The van der Waals surface area contributed by atoms with Gasteiger partial charge in [-0.3, -0.25) is 14.9 Å². The van der Waals surface area contributed by atoms with Crippen LogP contribution in [-0.2, 0) is 9.59 Å². The van der Waals surface area contributed by atoms with Crippen LogP contribution in [0.25, 0.3) is 0 Å². The monoisotopic (exact) mass is 290 g/mol. The molecular weight excluding hydrogens is 268 g/mol. The lowest BCUT2D eigenvalue weighted by atomic mass is 10.1. The Bertz CT molecular complexity index is 532. The number of carbonyl (C=O) groups is 2. The minimum atomic E-state index is -0.347. The van der Waals surface area contributed by atoms with Gasteiger partial charge in [0.2, 0.25) is 11.8 Å². The van der Waals surface area contributed by atoms with Crippen LogP contribution in [0.1, 0.15) is 38.8 Å². The zero-order chi connectivity index (χ0) is 15.4. The summed E-state index contributed by atoms with van der Waals surface area (Å²) < 4.78 is 0. The van der Waals surface area contributed by atoms with Crippen LogP contribution < -0.4 is 15.5 Å². The second kappa shape index (κ2) is 6.67. The fraction of sp³-hybridized carbons (Fsp3) is 0.533. The Morgan fingerprint density at radius 1 is 1.48 bits per heavy atom. The van der Waals surface area contributed by atoms with E-state index in [2.05, 4.69) is 29.5 Å². The fourth-order valence-corrected chi connectivity index (χ4v) is 2.60. The third kappa shape index (κ3) is 3.39. The van der Waals surface area contributed by atoms with Gasteiger partial charge in [0.25, 0.3) is 0 Å². The quantitative estimate of drug-likeness (QED) is 0.791. The van der Waals surface area contributed by atoms with Crippen LogP contribution >= 0.6 is 0 Å². The van der Waals surface area contributed by atoms with Crippen LogP contribution in [0.2, 0.25) is 0 Å². The molecule has 1 saturated heterocycles. The Balaban J connectivity index is 2.28. The molecule has 0 aliphatic carbocycles. The molecule has 1 aliphatic rings.